The number of rotatable bonds is 5. The molecule has 2 aromatic rings. The van der Waals surface area contributed by atoms with E-state index < -0.39 is 0 Å². The van der Waals surface area contributed by atoms with Gasteiger partial charge in [0.2, 0.25) is 5.91 Å². The first-order valence-corrected chi connectivity index (χ1v) is 9.82. The molecule has 0 bridgehead atoms. The second-order valence-corrected chi connectivity index (χ2v) is 8.28. The molecular weight excluding hydrogens is 332 g/mol. The van der Waals surface area contributed by atoms with E-state index in [0.29, 0.717) is 6.54 Å². The lowest BCUT2D eigenvalue weighted by atomic mass is 9.87. The first-order valence-electron chi connectivity index (χ1n) is 9.82. The maximum Gasteiger partial charge on any atom is 0.244 e. The molecule has 0 spiro atoms. The number of nitrogens with zero attached hydrogens (tertiary/aromatic N) is 1. The van der Waals surface area contributed by atoms with Gasteiger partial charge in [-0.1, -0.05) is 57.2 Å². The van der Waals surface area contributed by atoms with Crippen molar-refractivity contribution in [2.45, 2.75) is 45.6 Å². The molecule has 0 saturated carbocycles. The minimum Gasteiger partial charge on any atom is -0.372 e. The molecule has 1 saturated heterocycles. The molecule has 3 rings (SSSR count). The lowest BCUT2D eigenvalue weighted by Crippen LogP contribution is -2.20. The lowest BCUT2D eigenvalue weighted by Gasteiger charge is -2.18. The molecule has 27 heavy (non-hydrogen) atoms. The second kappa shape index (κ2) is 8.43. The van der Waals surface area contributed by atoms with Gasteiger partial charge in [-0.2, -0.15) is 0 Å². The van der Waals surface area contributed by atoms with Gasteiger partial charge in [-0.05, 0) is 53.2 Å². The molecule has 3 nitrogen and oxygen atoms in total. The SMILES string of the molecule is CC(C)(C)c1ccc(/C=C/C(=O)NCc2ccc(N3CCCC3)cc2)cc1. The summed E-state index contributed by atoms with van der Waals surface area (Å²) in [5.74, 6) is -0.0708. The topological polar surface area (TPSA) is 32.3 Å². The quantitative estimate of drug-likeness (QED) is 0.766. The highest BCUT2D eigenvalue weighted by Gasteiger charge is 2.13. The van der Waals surface area contributed by atoms with Gasteiger partial charge in [0.15, 0.2) is 0 Å². The summed E-state index contributed by atoms with van der Waals surface area (Å²) in [4.78, 5) is 14.5. The van der Waals surface area contributed by atoms with Gasteiger partial charge >= 0.3 is 0 Å². The summed E-state index contributed by atoms with van der Waals surface area (Å²) in [6, 6.07) is 16.9. The Balaban J connectivity index is 1.49. The summed E-state index contributed by atoms with van der Waals surface area (Å²) in [6.45, 7) is 9.44. The van der Waals surface area contributed by atoms with Gasteiger partial charge in [-0.25, -0.2) is 0 Å². The normalized spacial score (nSPS) is 14.7. The van der Waals surface area contributed by atoms with E-state index in [1.807, 2.05) is 6.08 Å². The van der Waals surface area contributed by atoms with E-state index >= 15 is 0 Å². The predicted octanol–water partition coefficient (Wildman–Crippen LogP) is 4.91. The molecule has 0 atom stereocenters. The summed E-state index contributed by atoms with van der Waals surface area (Å²) in [5.41, 5.74) is 4.87. The van der Waals surface area contributed by atoms with Crippen LogP contribution in [0.1, 0.15) is 50.3 Å². The fraction of sp³-hybridized carbons (Fsp3) is 0.375. The molecule has 0 unspecified atom stereocenters. The van der Waals surface area contributed by atoms with Crippen molar-refractivity contribution >= 4 is 17.7 Å². The Bertz CT molecular complexity index is 777. The Labute approximate surface area is 163 Å². The molecule has 1 amide bonds. The van der Waals surface area contributed by atoms with E-state index in [4.69, 9.17) is 0 Å². The third-order valence-electron chi connectivity index (χ3n) is 5.08. The molecule has 0 aliphatic carbocycles. The van der Waals surface area contributed by atoms with Crippen molar-refractivity contribution in [2.75, 3.05) is 18.0 Å². The van der Waals surface area contributed by atoms with E-state index in [9.17, 15) is 4.79 Å². The molecule has 3 heteroatoms. The summed E-state index contributed by atoms with van der Waals surface area (Å²) in [6.07, 6.45) is 6.02. The zero-order valence-corrected chi connectivity index (χ0v) is 16.7. The number of hydrogen-bond acceptors (Lipinski definition) is 2. The number of carbonyl (C=O) groups is 1. The molecule has 1 aliphatic heterocycles. The van der Waals surface area contributed by atoms with Gasteiger partial charge in [-0.15, -0.1) is 0 Å². The van der Waals surface area contributed by atoms with Crippen LogP contribution in [-0.4, -0.2) is 19.0 Å². The van der Waals surface area contributed by atoms with E-state index in [1.54, 1.807) is 6.08 Å². The van der Waals surface area contributed by atoms with Gasteiger partial charge in [0.05, 0.1) is 0 Å². The van der Waals surface area contributed by atoms with Crippen molar-refractivity contribution in [3.05, 3.63) is 71.3 Å². The maximum atomic E-state index is 12.1. The summed E-state index contributed by atoms with van der Waals surface area (Å²) >= 11 is 0. The molecule has 1 heterocycles. The highest BCUT2D eigenvalue weighted by atomic mass is 16.1. The van der Waals surface area contributed by atoms with Gasteiger partial charge in [0.1, 0.15) is 0 Å². The first-order chi connectivity index (χ1) is 12.9. The molecule has 0 aromatic heterocycles. The zero-order valence-electron chi connectivity index (χ0n) is 16.7. The van der Waals surface area contributed by atoms with Crippen LogP contribution in [0.15, 0.2) is 54.6 Å². The average molecular weight is 363 g/mol. The van der Waals surface area contributed by atoms with Crippen molar-refractivity contribution in [3.8, 4) is 0 Å². The number of hydrogen-bond donors (Lipinski definition) is 1. The number of benzene rings is 2. The van der Waals surface area contributed by atoms with Crippen LogP contribution in [-0.2, 0) is 16.8 Å². The monoisotopic (exact) mass is 362 g/mol. The Morgan fingerprint density at radius 1 is 1.00 bits per heavy atom. The molecule has 0 radical (unpaired) electrons. The van der Waals surface area contributed by atoms with Crippen LogP contribution in [0.2, 0.25) is 0 Å². The molecule has 142 valence electrons. The fourth-order valence-corrected chi connectivity index (χ4v) is 3.31. The fourth-order valence-electron chi connectivity index (χ4n) is 3.31. The van der Waals surface area contributed by atoms with Gasteiger partial charge in [0.25, 0.3) is 0 Å². The van der Waals surface area contributed by atoms with Crippen LogP contribution < -0.4 is 10.2 Å². The molecule has 1 fully saturated rings. The minimum absolute atomic E-state index is 0.0708. The van der Waals surface area contributed by atoms with E-state index in [0.717, 1.165) is 24.2 Å². The largest absolute Gasteiger partial charge is 0.372 e. The number of amides is 1. The summed E-state index contributed by atoms with van der Waals surface area (Å²) in [7, 11) is 0. The number of carbonyl (C=O) groups excluding carboxylic acids is 1. The number of anilines is 1. The van der Waals surface area contributed by atoms with Crippen LogP contribution in [0.3, 0.4) is 0 Å². The first kappa shape index (κ1) is 19.2. The standard InChI is InChI=1S/C24H30N2O/c1-24(2,3)21-11-6-19(7-12-21)10-15-23(27)25-18-20-8-13-22(14-9-20)26-16-4-5-17-26/h6-15H,4-5,16-18H2,1-3H3,(H,25,27)/b15-10+. The van der Waals surface area contributed by atoms with E-state index in [2.05, 4.69) is 79.5 Å². The van der Waals surface area contributed by atoms with Crippen molar-refractivity contribution < 1.29 is 4.79 Å². The highest BCUT2D eigenvalue weighted by Crippen LogP contribution is 2.22. The predicted molar refractivity (Wildman–Crippen MR) is 114 cm³/mol. The van der Waals surface area contributed by atoms with Gasteiger partial charge in [0, 0.05) is 31.4 Å². The highest BCUT2D eigenvalue weighted by molar-refractivity contribution is 5.91. The molecular formula is C24H30N2O. The summed E-state index contributed by atoms with van der Waals surface area (Å²) < 4.78 is 0. The maximum absolute atomic E-state index is 12.1. The Morgan fingerprint density at radius 2 is 1.63 bits per heavy atom. The van der Waals surface area contributed by atoms with Crippen molar-refractivity contribution in [2.24, 2.45) is 0 Å². The average Bonchev–Trinajstić information content (AvgIpc) is 3.19. The van der Waals surface area contributed by atoms with Crippen molar-refractivity contribution in [1.29, 1.82) is 0 Å². The van der Waals surface area contributed by atoms with Crippen molar-refractivity contribution in [3.63, 3.8) is 0 Å². The smallest absolute Gasteiger partial charge is 0.244 e. The molecule has 1 N–H and O–H groups in total. The van der Waals surface area contributed by atoms with Gasteiger partial charge < -0.3 is 10.2 Å². The summed E-state index contributed by atoms with van der Waals surface area (Å²) in [5, 5.41) is 2.95. The Kier molecular flexibility index (Phi) is 6.00. The third-order valence-corrected chi connectivity index (χ3v) is 5.08. The Hall–Kier alpha value is -2.55. The van der Waals surface area contributed by atoms with Crippen LogP contribution in [0, 0.1) is 0 Å². The molecule has 1 aliphatic rings. The van der Waals surface area contributed by atoms with Crippen LogP contribution in [0.25, 0.3) is 6.08 Å². The molecule has 2 aromatic carbocycles. The van der Waals surface area contributed by atoms with Crippen LogP contribution in [0.5, 0.6) is 0 Å². The minimum atomic E-state index is -0.0708. The van der Waals surface area contributed by atoms with Crippen LogP contribution in [0.4, 0.5) is 5.69 Å². The lowest BCUT2D eigenvalue weighted by molar-refractivity contribution is -0.116. The zero-order chi connectivity index (χ0) is 19.3. The van der Waals surface area contributed by atoms with E-state index in [1.165, 1.54) is 24.1 Å². The Morgan fingerprint density at radius 3 is 2.22 bits per heavy atom. The van der Waals surface area contributed by atoms with Crippen molar-refractivity contribution in [1.82, 2.24) is 5.32 Å². The van der Waals surface area contributed by atoms with E-state index in [-0.39, 0.29) is 11.3 Å². The van der Waals surface area contributed by atoms with Crippen LogP contribution >= 0.6 is 0 Å². The second-order valence-electron chi connectivity index (χ2n) is 8.28. The number of nitrogens with one attached hydrogen (secondary N) is 1. The third kappa shape index (κ3) is 5.46. The van der Waals surface area contributed by atoms with Gasteiger partial charge in [-0.3, -0.25) is 4.79 Å².